The molecule has 28 heavy (non-hydrogen) atoms. The average Bonchev–Trinajstić information content (AvgIpc) is 2.74. The molecule has 1 atom stereocenters. The Balaban J connectivity index is 1.82. The molecule has 3 rings (SSSR count). The summed E-state index contributed by atoms with van der Waals surface area (Å²) >= 11 is 3.49. The molecule has 1 amide bonds. The van der Waals surface area contributed by atoms with E-state index in [0.717, 1.165) is 28.4 Å². The second-order valence-electron chi connectivity index (χ2n) is 7.34. The third kappa shape index (κ3) is 5.22. The first-order valence-corrected chi connectivity index (χ1v) is 10.6. The Labute approximate surface area is 174 Å². The lowest BCUT2D eigenvalue weighted by atomic mass is 9.84. The van der Waals surface area contributed by atoms with Gasteiger partial charge in [-0.2, -0.15) is 0 Å². The summed E-state index contributed by atoms with van der Waals surface area (Å²) in [5.74, 6) is -0.175. The molecule has 0 saturated heterocycles. The molecule has 1 aliphatic rings. The Hall–Kier alpha value is -2.14. The van der Waals surface area contributed by atoms with E-state index in [1.807, 2.05) is 42.5 Å². The van der Waals surface area contributed by atoms with Gasteiger partial charge >= 0.3 is 5.97 Å². The highest BCUT2D eigenvalue weighted by molar-refractivity contribution is 9.10. The number of esters is 1. The van der Waals surface area contributed by atoms with Gasteiger partial charge in [0.25, 0.3) is 5.91 Å². The van der Waals surface area contributed by atoms with Crippen LogP contribution in [-0.2, 0) is 9.53 Å². The third-order valence-corrected chi connectivity index (χ3v) is 5.89. The fourth-order valence-electron chi connectivity index (χ4n) is 3.92. The number of hydrogen-bond acceptors (Lipinski definition) is 3. The van der Waals surface area contributed by atoms with E-state index < -0.39 is 6.04 Å². The van der Waals surface area contributed by atoms with Crippen LogP contribution in [0.3, 0.4) is 0 Å². The van der Waals surface area contributed by atoms with Crippen molar-refractivity contribution in [3.8, 4) is 11.1 Å². The average molecular weight is 444 g/mol. The normalized spacial score (nSPS) is 15.6. The second-order valence-corrected chi connectivity index (χ2v) is 8.26. The van der Waals surface area contributed by atoms with Crippen LogP contribution < -0.4 is 5.32 Å². The van der Waals surface area contributed by atoms with Crippen molar-refractivity contribution in [2.45, 2.75) is 44.6 Å². The largest absolute Gasteiger partial charge is 0.467 e. The van der Waals surface area contributed by atoms with Gasteiger partial charge < -0.3 is 10.1 Å². The van der Waals surface area contributed by atoms with Crippen LogP contribution in [0, 0.1) is 5.92 Å². The van der Waals surface area contributed by atoms with Crippen LogP contribution in [0.2, 0.25) is 0 Å². The van der Waals surface area contributed by atoms with E-state index in [2.05, 4.69) is 21.2 Å². The summed E-state index contributed by atoms with van der Waals surface area (Å²) in [5.41, 5.74) is 2.33. The molecule has 0 bridgehead atoms. The topological polar surface area (TPSA) is 55.4 Å². The van der Waals surface area contributed by atoms with Crippen molar-refractivity contribution in [3.05, 3.63) is 58.6 Å². The lowest BCUT2D eigenvalue weighted by molar-refractivity contribution is -0.143. The molecule has 1 fully saturated rings. The quantitative estimate of drug-likeness (QED) is 0.611. The zero-order valence-corrected chi connectivity index (χ0v) is 17.7. The van der Waals surface area contributed by atoms with E-state index in [9.17, 15) is 9.59 Å². The Bertz CT molecular complexity index is 816. The lowest BCUT2D eigenvalue weighted by Crippen LogP contribution is -2.43. The molecule has 2 aromatic rings. The first kappa shape index (κ1) is 20.6. The van der Waals surface area contributed by atoms with Crippen molar-refractivity contribution in [3.63, 3.8) is 0 Å². The van der Waals surface area contributed by atoms with Crippen LogP contribution >= 0.6 is 15.9 Å². The van der Waals surface area contributed by atoms with Crippen LogP contribution in [0.15, 0.2) is 53.0 Å². The van der Waals surface area contributed by atoms with Crippen molar-refractivity contribution in [1.29, 1.82) is 0 Å². The zero-order valence-electron chi connectivity index (χ0n) is 16.1. The predicted octanol–water partition coefficient (Wildman–Crippen LogP) is 5.36. The van der Waals surface area contributed by atoms with E-state index in [-0.39, 0.29) is 11.9 Å². The molecule has 1 N–H and O–H groups in total. The van der Waals surface area contributed by atoms with Gasteiger partial charge in [-0.25, -0.2) is 4.79 Å². The van der Waals surface area contributed by atoms with Gasteiger partial charge in [0.05, 0.1) is 7.11 Å². The molecular formula is C23H26BrNO3. The second kappa shape index (κ2) is 9.87. The maximum atomic E-state index is 13.1. The van der Waals surface area contributed by atoms with E-state index >= 15 is 0 Å². The number of rotatable bonds is 6. The van der Waals surface area contributed by atoms with Crippen molar-refractivity contribution in [1.82, 2.24) is 5.32 Å². The first-order chi connectivity index (χ1) is 13.6. The Morgan fingerprint density at radius 2 is 1.82 bits per heavy atom. The summed E-state index contributed by atoms with van der Waals surface area (Å²) in [6, 6.07) is 14.7. The first-order valence-electron chi connectivity index (χ1n) is 9.82. The third-order valence-electron chi connectivity index (χ3n) is 5.40. The highest BCUT2D eigenvalue weighted by Gasteiger charge is 2.27. The number of hydrogen-bond donors (Lipinski definition) is 1. The van der Waals surface area contributed by atoms with Crippen molar-refractivity contribution in [2.75, 3.05) is 7.11 Å². The van der Waals surface area contributed by atoms with Gasteiger partial charge in [0.2, 0.25) is 0 Å². The molecule has 2 aromatic carbocycles. The number of carbonyl (C=O) groups excluding carboxylic acids is 2. The van der Waals surface area contributed by atoms with Crippen LogP contribution in [-0.4, -0.2) is 25.0 Å². The highest BCUT2D eigenvalue weighted by Crippen LogP contribution is 2.29. The number of halogens is 1. The van der Waals surface area contributed by atoms with Crippen LogP contribution in [0.1, 0.15) is 48.9 Å². The highest BCUT2D eigenvalue weighted by atomic mass is 79.9. The molecule has 1 saturated carbocycles. The van der Waals surface area contributed by atoms with Crippen molar-refractivity contribution in [2.24, 2.45) is 5.92 Å². The van der Waals surface area contributed by atoms with Crippen LogP contribution in [0.5, 0.6) is 0 Å². The minimum Gasteiger partial charge on any atom is -0.467 e. The van der Waals surface area contributed by atoms with E-state index in [4.69, 9.17) is 4.74 Å². The lowest BCUT2D eigenvalue weighted by Gasteiger charge is -2.26. The number of nitrogens with one attached hydrogen (secondary N) is 1. The maximum Gasteiger partial charge on any atom is 0.328 e. The van der Waals surface area contributed by atoms with Gasteiger partial charge in [0.15, 0.2) is 0 Å². The molecule has 0 heterocycles. The molecular weight excluding hydrogens is 418 g/mol. The number of ether oxygens (including phenoxy) is 1. The molecule has 4 nitrogen and oxygen atoms in total. The Kier molecular flexibility index (Phi) is 7.26. The fourth-order valence-corrected chi connectivity index (χ4v) is 4.28. The fraction of sp³-hybridized carbons (Fsp3) is 0.391. The minimum absolute atomic E-state index is 0.252. The zero-order chi connectivity index (χ0) is 19.9. The van der Waals surface area contributed by atoms with E-state index in [0.29, 0.717) is 17.9 Å². The molecule has 0 radical (unpaired) electrons. The SMILES string of the molecule is COC(=O)C(CC1CCCCC1)NC(=O)c1ccc(Br)cc1-c1ccccc1. The molecule has 148 valence electrons. The standard InChI is InChI=1S/C23H26BrNO3/c1-28-23(27)21(14-16-8-4-2-5-9-16)25-22(26)19-13-12-18(24)15-20(19)17-10-6-3-7-11-17/h3,6-7,10-13,15-16,21H,2,4-5,8-9,14H2,1H3,(H,25,26). The maximum absolute atomic E-state index is 13.1. The van der Waals surface area contributed by atoms with Gasteiger partial charge in [-0.1, -0.05) is 78.4 Å². The molecule has 1 unspecified atom stereocenters. The summed E-state index contributed by atoms with van der Waals surface area (Å²) in [4.78, 5) is 25.4. The summed E-state index contributed by atoms with van der Waals surface area (Å²) in [5, 5.41) is 2.93. The summed E-state index contributed by atoms with van der Waals surface area (Å²) in [6.07, 6.45) is 6.49. The predicted molar refractivity (Wildman–Crippen MR) is 114 cm³/mol. The van der Waals surface area contributed by atoms with E-state index in [1.54, 1.807) is 6.07 Å². The number of amides is 1. The monoisotopic (exact) mass is 443 g/mol. The van der Waals surface area contributed by atoms with E-state index in [1.165, 1.54) is 26.4 Å². The van der Waals surface area contributed by atoms with Crippen LogP contribution in [0.25, 0.3) is 11.1 Å². The van der Waals surface area contributed by atoms with Crippen molar-refractivity contribution < 1.29 is 14.3 Å². The van der Waals surface area contributed by atoms with Gasteiger partial charge in [-0.05, 0) is 41.7 Å². The summed E-state index contributed by atoms with van der Waals surface area (Å²) < 4.78 is 5.86. The Morgan fingerprint density at radius 1 is 1.11 bits per heavy atom. The molecule has 1 aliphatic carbocycles. The molecule has 5 heteroatoms. The van der Waals surface area contributed by atoms with Gasteiger partial charge in [-0.15, -0.1) is 0 Å². The minimum atomic E-state index is -0.618. The van der Waals surface area contributed by atoms with Gasteiger partial charge in [-0.3, -0.25) is 4.79 Å². The number of benzene rings is 2. The number of carbonyl (C=O) groups is 2. The molecule has 0 aliphatic heterocycles. The van der Waals surface area contributed by atoms with Crippen LogP contribution in [0.4, 0.5) is 0 Å². The van der Waals surface area contributed by atoms with Crippen molar-refractivity contribution >= 4 is 27.8 Å². The molecule has 0 spiro atoms. The summed E-state index contributed by atoms with van der Waals surface area (Å²) in [7, 11) is 1.37. The Morgan fingerprint density at radius 3 is 2.50 bits per heavy atom. The smallest absolute Gasteiger partial charge is 0.328 e. The van der Waals surface area contributed by atoms with Gasteiger partial charge in [0, 0.05) is 10.0 Å². The summed E-state index contributed by atoms with van der Waals surface area (Å²) in [6.45, 7) is 0. The number of methoxy groups -OCH3 is 1. The molecule has 0 aromatic heterocycles. The van der Waals surface area contributed by atoms with Gasteiger partial charge in [0.1, 0.15) is 6.04 Å².